The summed E-state index contributed by atoms with van der Waals surface area (Å²) in [6.07, 6.45) is 12.2. The predicted octanol–water partition coefficient (Wildman–Crippen LogP) is 3.45. The number of carbonyl (C=O) groups excluding carboxylic acids is 3. The van der Waals surface area contributed by atoms with Gasteiger partial charge in [0.05, 0.1) is 23.2 Å². The molecule has 0 saturated carbocycles. The third kappa shape index (κ3) is 7.21. The number of nitrogens with zero attached hydrogens (tertiary/aromatic N) is 4. The Balaban J connectivity index is 0.993. The second kappa shape index (κ2) is 14.8. The van der Waals surface area contributed by atoms with Crippen LogP contribution in [0.15, 0.2) is 60.9 Å². The van der Waals surface area contributed by atoms with Gasteiger partial charge in [0.25, 0.3) is 7.41 Å². The maximum atomic E-state index is 13.3. The molecule has 1 aliphatic carbocycles. The summed E-state index contributed by atoms with van der Waals surface area (Å²) in [5.41, 5.74) is 3.74. The van der Waals surface area contributed by atoms with Gasteiger partial charge in [-0.3, -0.25) is 14.6 Å². The van der Waals surface area contributed by atoms with Crippen LogP contribution in [0.4, 0.5) is 5.82 Å². The predicted molar refractivity (Wildman–Crippen MR) is 188 cm³/mol. The van der Waals surface area contributed by atoms with Crippen LogP contribution in [-0.2, 0) is 32.6 Å². The first-order valence-electron chi connectivity index (χ1n) is 17.0. The second-order valence-electron chi connectivity index (χ2n) is 13.5. The maximum Gasteiger partial charge on any atom is 0.337 e. The molecule has 2 amide bonds. The third-order valence-electron chi connectivity index (χ3n) is 10.3. The number of amides is 2. The number of anilines is 1. The number of nitrogens with one attached hydrogen (secondary N) is 2. The van der Waals surface area contributed by atoms with Crippen LogP contribution in [0.25, 0.3) is 6.08 Å². The van der Waals surface area contributed by atoms with Crippen LogP contribution in [0.1, 0.15) is 76.8 Å². The number of carbonyl (C=O) groups is 4. The largest absolute Gasteiger partial charge is 0.478 e. The summed E-state index contributed by atoms with van der Waals surface area (Å²) in [5, 5.41) is 15.3. The zero-order chi connectivity index (χ0) is 34.5. The average Bonchev–Trinajstić information content (AvgIpc) is 3.62. The molecule has 3 unspecified atom stereocenters. The lowest BCUT2D eigenvalue weighted by molar-refractivity contribution is -0.139. The van der Waals surface area contributed by atoms with E-state index in [1.807, 2.05) is 35.2 Å². The Morgan fingerprint density at radius 1 is 1.14 bits per heavy atom. The molecule has 1 saturated heterocycles. The van der Waals surface area contributed by atoms with Gasteiger partial charge in [-0.1, -0.05) is 48.9 Å². The number of fused-ring (bicyclic) bond motifs is 3. The maximum absolute atomic E-state index is 13.3. The summed E-state index contributed by atoms with van der Waals surface area (Å²) in [5.74, 6) is -0.378. The van der Waals surface area contributed by atoms with Crippen LogP contribution in [0, 0.1) is 0 Å². The summed E-state index contributed by atoms with van der Waals surface area (Å²) in [4.78, 5) is 62.1. The molecule has 2 aliphatic heterocycles. The molecule has 0 bridgehead atoms. The Morgan fingerprint density at radius 2 is 1.96 bits per heavy atom. The minimum Gasteiger partial charge on any atom is -0.478 e. The minimum atomic E-state index is -1.04. The number of likely N-dealkylation sites (tertiary alicyclic amines) is 1. The van der Waals surface area contributed by atoms with E-state index in [1.54, 1.807) is 12.3 Å². The summed E-state index contributed by atoms with van der Waals surface area (Å²) in [7, 11) is 3.40. The number of pyridine rings is 2. The molecule has 1 fully saturated rings. The van der Waals surface area contributed by atoms with Gasteiger partial charge in [-0.05, 0) is 75.0 Å². The molecule has 6 rings (SSSR count). The summed E-state index contributed by atoms with van der Waals surface area (Å²) >= 11 is 0. The highest BCUT2D eigenvalue weighted by Gasteiger charge is 2.52. The van der Waals surface area contributed by atoms with Crippen LogP contribution in [0.3, 0.4) is 0 Å². The smallest absolute Gasteiger partial charge is 0.337 e. The molecule has 49 heavy (non-hydrogen) atoms. The van der Waals surface area contributed by atoms with E-state index in [2.05, 4.69) is 57.6 Å². The molecule has 3 N–H and O–H groups in total. The number of rotatable bonds is 14. The van der Waals surface area contributed by atoms with E-state index < -0.39 is 17.4 Å². The van der Waals surface area contributed by atoms with E-state index in [0.29, 0.717) is 37.8 Å². The van der Waals surface area contributed by atoms with Crippen LogP contribution in [0.5, 0.6) is 0 Å². The molecular formula is C37H42BN6O5. The Hall–Kier alpha value is -4.68. The van der Waals surface area contributed by atoms with Gasteiger partial charge in [-0.25, -0.2) is 9.78 Å². The van der Waals surface area contributed by atoms with Gasteiger partial charge in [0, 0.05) is 55.1 Å². The second-order valence-corrected chi connectivity index (χ2v) is 13.5. The number of carboxylic acid groups (broad SMARTS) is 1. The number of aromatic nitrogens is 2. The molecule has 2 aromatic heterocycles. The molecule has 253 valence electrons. The highest BCUT2D eigenvalue weighted by molar-refractivity contribution is 6.64. The molecule has 1 aromatic carbocycles. The molecule has 4 heterocycles. The number of likely N-dealkylation sites (N-methyl/N-ethyl adjacent to an activating group) is 1. The summed E-state index contributed by atoms with van der Waals surface area (Å²) in [6, 6.07) is 13.6. The number of hydrogen-bond donors (Lipinski definition) is 3. The van der Waals surface area contributed by atoms with E-state index in [0.717, 1.165) is 54.7 Å². The lowest BCUT2D eigenvalue weighted by atomic mass is 9.79. The first-order chi connectivity index (χ1) is 23.7. The quantitative estimate of drug-likeness (QED) is 0.134. The van der Waals surface area contributed by atoms with Gasteiger partial charge in [-0.2, -0.15) is 0 Å². The SMILES string of the molecule is CC1C(c2ccccc2)CC(N[B]C=O)C(=O)N1CCCCCN(C)C/C=C/c1cnc2c(c1)[C@@]1(Cc3cc(C(=O)O)cnc3C1)C(=O)N2. The van der Waals surface area contributed by atoms with Gasteiger partial charge in [0.15, 0.2) is 0 Å². The van der Waals surface area contributed by atoms with Gasteiger partial charge >= 0.3 is 5.97 Å². The highest BCUT2D eigenvalue weighted by Crippen LogP contribution is 2.46. The van der Waals surface area contributed by atoms with Crippen molar-refractivity contribution < 1.29 is 24.3 Å². The van der Waals surface area contributed by atoms with Crippen molar-refractivity contribution in [3.63, 3.8) is 0 Å². The fraction of sp³-hybridized carbons (Fsp3) is 0.405. The number of hydrogen-bond acceptors (Lipinski definition) is 8. The van der Waals surface area contributed by atoms with Gasteiger partial charge in [0.2, 0.25) is 11.8 Å². The molecular weight excluding hydrogens is 619 g/mol. The normalized spacial score (nSPS) is 22.8. The molecule has 12 heteroatoms. The topological polar surface area (TPSA) is 145 Å². The first kappa shape index (κ1) is 34.2. The van der Waals surface area contributed by atoms with E-state index in [1.165, 1.54) is 19.2 Å². The van der Waals surface area contributed by atoms with Crippen molar-refractivity contribution in [1.29, 1.82) is 0 Å². The number of aromatic carboxylic acids is 1. The van der Waals surface area contributed by atoms with E-state index >= 15 is 0 Å². The van der Waals surface area contributed by atoms with Crippen LogP contribution < -0.4 is 10.5 Å². The molecule has 11 nitrogen and oxygen atoms in total. The van der Waals surface area contributed by atoms with Crippen molar-refractivity contribution >= 4 is 43.3 Å². The zero-order valence-corrected chi connectivity index (χ0v) is 28.0. The number of benzene rings is 1. The van der Waals surface area contributed by atoms with Gasteiger partial charge in [0.1, 0.15) is 5.82 Å². The third-order valence-corrected chi connectivity index (χ3v) is 10.3. The van der Waals surface area contributed by atoms with E-state index in [-0.39, 0.29) is 29.3 Å². The first-order valence-corrected chi connectivity index (χ1v) is 17.0. The lowest BCUT2D eigenvalue weighted by Gasteiger charge is -2.43. The van der Waals surface area contributed by atoms with Crippen LogP contribution in [-0.4, -0.2) is 95.0 Å². The minimum absolute atomic E-state index is 0.0496. The summed E-state index contributed by atoms with van der Waals surface area (Å²) in [6.45, 7) is 4.46. The lowest BCUT2D eigenvalue weighted by Crippen LogP contribution is -2.57. The molecule has 3 aromatic rings. The van der Waals surface area contributed by atoms with Crippen molar-refractivity contribution in [3.05, 3.63) is 94.4 Å². The van der Waals surface area contributed by atoms with Gasteiger partial charge < -0.3 is 30.2 Å². The number of carboxylic acids is 1. The standard InChI is InChI=1S/C37H42BN6O5/c1-24-29(26-11-5-3-6-12-26)18-31(42-38-23-45)34(46)44(24)15-8-4-7-13-43(2)14-9-10-25-16-30-33(40-21-25)41-36(49)37(30)19-27-17-28(35(47)48)22-39-32(27)20-37/h3,5-6,9-12,16-17,21-24,29,31,42H,4,7-8,13-15,18-20H2,1-2H3,(H,47,48)(H,40,41,49)/b10-9+/t24?,29?,31?,37-/m0/s1. The fourth-order valence-corrected chi connectivity index (χ4v) is 7.57. The van der Waals surface area contributed by atoms with Crippen molar-refractivity contribution in [3.8, 4) is 0 Å². The Morgan fingerprint density at radius 3 is 2.73 bits per heavy atom. The Kier molecular flexibility index (Phi) is 10.4. The number of piperidine rings is 1. The van der Waals surface area contributed by atoms with Crippen molar-refractivity contribution in [2.45, 2.75) is 68.9 Å². The molecule has 1 spiro atoms. The zero-order valence-electron chi connectivity index (χ0n) is 28.0. The Labute approximate surface area is 287 Å². The molecule has 1 radical (unpaired) electrons. The fourth-order valence-electron chi connectivity index (χ4n) is 7.57. The summed E-state index contributed by atoms with van der Waals surface area (Å²) < 4.78 is 0. The average molecular weight is 662 g/mol. The highest BCUT2D eigenvalue weighted by atomic mass is 16.4. The van der Waals surface area contributed by atoms with E-state index in [4.69, 9.17) is 0 Å². The monoisotopic (exact) mass is 661 g/mol. The molecule has 4 atom stereocenters. The Bertz CT molecular complexity index is 1750. The molecule has 3 aliphatic rings. The van der Waals surface area contributed by atoms with Crippen molar-refractivity contribution in [2.75, 3.05) is 32.0 Å². The van der Waals surface area contributed by atoms with Gasteiger partial charge in [-0.15, -0.1) is 0 Å². The van der Waals surface area contributed by atoms with E-state index in [9.17, 15) is 24.3 Å². The van der Waals surface area contributed by atoms with Crippen LogP contribution in [0.2, 0.25) is 0 Å². The number of unbranched alkanes of at least 4 members (excludes halogenated alkanes) is 2. The van der Waals surface area contributed by atoms with Crippen LogP contribution >= 0.6 is 0 Å². The van der Waals surface area contributed by atoms with Crippen molar-refractivity contribution in [2.24, 2.45) is 0 Å². The van der Waals surface area contributed by atoms with Crippen molar-refractivity contribution in [1.82, 2.24) is 25.0 Å².